The Morgan fingerprint density at radius 3 is 2.44 bits per heavy atom. The monoisotopic (exact) mass is 571 g/mol. The molecule has 0 fully saturated rings. The molecule has 2 amide bonds. The molecular weight excluding hydrogens is 546 g/mol. The number of carbonyl (C=O) groups excluding carboxylic acids is 2. The van der Waals surface area contributed by atoms with Gasteiger partial charge in [-0.3, -0.25) is 9.59 Å². The Morgan fingerprint density at radius 1 is 1.06 bits per heavy atom. The fraction of sp³-hybridized carbons (Fsp3) is 0.222. The molecular formula is C27H27BrClN3O4. The van der Waals surface area contributed by atoms with E-state index in [0.717, 1.165) is 10.0 Å². The zero-order valence-electron chi connectivity index (χ0n) is 20.1. The predicted octanol–water partition coefficient (Wildman–Crippen LogP) is 6.05. The molecule has 0 radical (unpaired) electrons. The van der Waals surface area contributed by atoms with Gasteiger partial charge in [-0.1, -0.05) is 59.6 Å². The first-order valence-electron chi connectivity index (χ1n) is 11.2. The lowest BCUT2D eigenvalue weighted by molar-refractivity contribution is -0.134. The van der Waals surface area contributed by atoms with Crippen LogP contribution in [0.5, 0.6) is 11.5 Å². The lowest BCUT2D eigenvalue weighted by atomic mass is 9.94. The fourth-order valence-electron chi connectivity index (χ4n) is 3.38. The van der Waals surface area contributed by atoms with Crippen LogP contribution in [0, 0.1) is 11.8 Å². The van der Waals surface area contributed by atoms with Crippen LogP contribution < -0.4 is 20.2 Å². The summed E-state index contributed by atoms with van der Waals surface area (Å²) in [7, 11) is 1.56. The maximum absolute atomic E-state index is 12.8. The highest BCUT2D eigenvalue weighted by atomic mass is 79.9. The number of halogens is 2. The van der Waals surface area contributed by atoms with Crippen molar-refractivity contribution in [2.45, 2.75) is 20.5 Å². The van der Waals surface area contributed by atoms with Crippen LogP contribution >= 0.6 is 27.5 Å². The summed E-state index contributed by atoms with van der Waals surface area (Å²) in [6.07, 6.45) is 1.48. The molecule has 3 rings (SSSR count). The molecule has 0 spiro atoms. The summed E-state index contributed by atoms with van der Waals surface area (Å²) in [5.41, 5.74) is 4.54. The maximum atomic E-state index is 12.8. The van der Waals surface area contributed by atoms with E-state index in [0.29, 0.717) is 27.8 Å². The molecule has 0 aromatic heterocycles. The van der Waals surface area contributed by atoms with Gasteiger partial charge < -0.3 is 14.8 Å². The highest BCUT2D eigenvalue weighted by Crippen LogP contribution is 2.24. The van der Waals surface area contributed by atoms with E-state index >= 15 is 0 Å². The lowest BCUT2D eigenvalue weighted by Crippen LogP contribution is -2.39. The molecule has 1 atom stereocenters. The number of anilines is 1. The van der Waals surface area contributed by atoms with Gasteiger partial charge in [0.2, 0.25) is 5.91 Å². The maximum Gasteiger partial charge on any atom is 0.252 e. The van der Waals surface area contributed by atoms with Crippen molar-refractivity contribution in [1.82, 2.24) is 5.43 Å². The minimum atomic E-state index is -0.942. The minimum absolute atomic E-state index is 0.251. The Morgan fingerprint density at radius 2 is 1.78 bits per heavy atom. The second kappa shape index (κ2) is 13.1. The zero-order valence-corrected chi connectivity index (χ0v) is 22.5. The van der Waals surface area contributed by atoms with Crippen molar-refractivity contribution in [3.05, 3.63) is 87.4 Å². The van der Waals surface area contributed by atoms with E-state index in [2.05, 4.69) is 31.8 Å². The van der Waals surface area contributed by atoms with Gasteiger partial charge in [0.15, 0.2) is 0 Å². The summed E-state index contributed by atoms with van der Waals surface area (Å²) in [4.78, 5) is 25.7. The SMILES string of the molecule is COc1ccc(NC(=O)C(C(=O)NN=Cc2cc(Br)ccc2OCc2ccccc2Cl)C(C)C)cc1. The van der Waals surface area contributed by atoms with Crippen LogP contribution in [-0.2, 0) is 16.2 Å². The van der Waals surface area contributed by atoms with E-state index in [1.165, 1.54) is 6.21 Å². The summed E-state index contributed by atoms with van der Waals surface area (Å²) in [5, 5.41) is 7.47. The second-order valence-corrected chi connectivity index (χ2v) is 9.56. The summed E-state index contributed by atoms with van der Waals surface area (Å²) in [5.74, 6) is -0.895. The summed E-state index contributed by atoms with van der Waals surface area (Å²) < 4.78 is 11.9. The molecule has 188 valence electrons. The number of amides is 2. The first-order valence-corrected chi connectivity index (χ1v) is 12.4. The van der Waals surface area contributed by atoms with E-state index in [1.807, 2.05) is 30.3 Å². The molecule has 3 aromatic rings. The summed E-state index contributed by atoms with van der Waals surface area (Å²) >= 11 is 9.66. The summed E-state index contributed by atoms with van der Waals surface area (Å²) in [6, 6.07) is 19.8. The third-order valence-corrected chi connectivity index (χ3v) is 6.14. The van der Waals surface area contributed by atoms with E-state index in [1.54, 1.807) is 57.4 Å². The Labute approximate surface area is 224 Å². The van der Waals surface area contributed by atoms with Gasteiger partial charge in [-0.05, 0) is 54.4 Å². The minimum Gasteiger partial charge on any atom is -0.497 e. The van der Waals surface area contributed by atoms with Gasteiger partial charge in [-0.25, -0.2) is 5.43 Å². The van der Waals surface area contributed by atoms with Crippen molar-refractivity contribution in [2.24, 2.45) is 16.9 Å². The van der Waals surface area contributed by atoms with Gasteiger partial charge in [0.1, 0.15) is 24.0 Å². The lowest BCUT2D eigenvalue weighted by Gasteiger charge is -2.18. The Bertz CT molecular complexity index is 1230. The number of benzene rings is 3. The van der Waals surface area contributed by atoms with Crippen LogP contribution in [0.25, 0.3) is 0 Å². The van der Waals surface area contributed by atoms with Crippen LogP contribution in [0.3, 0.4) is 0 Å². The first-order chi connectivity index (χ1) is 17.3. The Kier molecular flexibility index (Phi) is 9.90. The third-order valence-electron chi connectivity index (χ3n) is 5.28. The second-order valence-electron chi connectivity index (χ2n) is 8.24. The van der Waals surface area contributed by atoms with Crippen LogP contribution in [0.1, 0.15) is 25.0 Å². The molecule has 9 heteroatoms. The molecule has 1 unspecified atom stereocenters. The molecule has 0 heterocycles. The van der Waals surface area contributed by atoms with Gasteiger partial charge in [0.25, 0.3) is 5.91 Å². The molecule has 0 bridgehead atoms. The van der Waals surface area contributed by atoms with Crippen LogP contribution in [0.4, 0.5) is 5.69 Å². The van der Waals surface area contributed by atoms with Gasteiger partial charge in [-0.2, -0.15) is 5.10 Å². The average Bonchev–Trinajstić information content (AvgIpc) is 2.84. The molecule has 0 aliphatic carbocycles. The molecule has 0 saturated carbocycles. The molecule has 36 heavy (non-hydrogen) atoms. The number of rotatable bonds is 10. The zero-order chi connectivity index (χ0) is 26.1. The van der Waals surface area contributed by atoms with Gasteiger partial charge >= 0.3 is 0 Å². The Hall–Kier alpha value is -3.36. The van der Waals surface area contributed by atoms with E-state index in [4.69, 9.17) is 21.1 Å². The first kappa shape index (κ1) is 27.2. The topological polar surface area (TPSA) is 89.0 Å². The van der Waals surface area contributed by atoms with Crippen LogP contribution in [0.2, 0.25) is 5.02 Å². The number of hydrogen-bond acceptors (Lipinski definition) is 5. The van der Waals surface area contributed by atoms with Crippen molar-refractivity contribution in [2.75, 3.05) is 12.4 Å². The smallest absolute Gasteiger partial charge is 0.252 e. The van der Waals surface area contributed by atoms with Crippen molar-refractivity contribution in [1.29, 1.82) is 0 Å². The quantitative estimate of drug-likeness (QED) is 0.176. The number of hydrogen-bond donors (Lipinski definition) is 2. The van der Waals surface area contributed by atoms with E-state index in [-0.39, 0.29) is 12.5 Å². The van der Waals surface area contributed by atoms with E-state index < -0.39 is 17.7 Å². The van der Waals surface area contributed by atoms with Crippen molar-refractivity contribution < 1.29 is 19.1 Å². The highest BCUT2D eigenvalue weighted by molar-refractivity contribution is 9.10. The Balaban J connectivity index is 1.67. The number of methoxy groups -OCH3 is 1. The predicted molar refractivity (Wildman–Crippen MR) is 146 cm³/mol. The molecule has 0 saturated heterocycles. The number of nitrogens with one attached hydrogen (secondary N) is 2. The van der Waals surface area contributed by atoms with Crippen LogP contribution in [-0.4, -0.2) is 25.1 Å². The highest BCUT2D eigenvalue weighted by Gasteiger charge is 2.30. The molecule has 0 aliphatic rings. The van der Waals surface area contributed by atoms with Gasteiger partial charge in [0.05, 0.1) is 13.3 Å². The molecule has 2 N–H and O–H groups in total. The van der Waals surface area contributed by atoms with E-state index in [9.17, 15) is 9.59 Å². The number of hydrazone groups is 1. The van der Waals surface area contributed by atoms with Gasteiger partial charge in [-0.15, -0.1) is 0 Å². The average molecular weight is 573 g/mol. The number of nitrogens with zero attached hydrogens (tertiary/aromatic N) is 1. The third kappa shape index (κ3) is 7.57. The largest absolute Gasteiger partial charge is 0.497 e. The van der Waals surface area contributed by atoms with Crippen LogP contribution in [0.15, 0.2) is 76.3 Å². The molecule has 3 aromatic carbocycles. The van der Waals surface area contributed by atoms with Crippen molar-refractivity contribution in [3.63, 3.8) is 0 Å². The number of carbonyl (C=O) groups is 2. The van der Waals surface area contributed by atoms with Gasteiger partial charge in [0, 0.05) is 26.3 Å². The normalized spacial score (nSPS) is 11.8. The fourth-order valence-corrected chi connectivity index (χ4v) is 3.95. The number of ether oxygens (including phenoxy) is 2. The van der Waals surface area contributed by atoms with Crippen molar-refractivity contribution in [3.8, 4) is 11.5 Å². The van der Waals surface area contributed by atoms with Crippen molar-refractivity contribution >= 4 is 51.2 Å². The molecule has 7 nitrogen and oxygen atoms in total. The standard InChI is InChI=1S/C27H27BrClN3O4/c1-17(2)25(26(33)31-21-9-11-22(35-3)12-10-21)27(34)32-30-15-19-14-20(28)8-13-24(19)36-16-18-6-4-5-7-23(18)29/h4-15,17,25H,16H2,1-3H3,(H,31,33)(H,32,34). The summed E-state index contributed by atoms with van der Waals surface area (Å²) in [6.45, 7) is 3.88. The molecule has 0 aliphatic heterocycles.